The van der Waals surface area contributed by atoms with E-state index in [0.717, 1.165) is 12.8 Å². The van der Waals surface area contributed by atoms with E-state index in [4.69, 9.17) is 0 Å². The largest absolute Gasteiger partial charge is 0.273 e. The van der Waals surface area contributed by atoms with Crippen LogP contribution in [-0.4, -0.2) is 3.71 Å². The summed E-state index contributed by atoms with van der Waals surface area (Å²) in [6.07, 6.45) is 11.0. The first-order chi connectivity index (χ1) is 18.1. The number of hydrogen-bond acceptors (Lipinski definition) is 0. The van der Waals surface area contributed by atoms with E-state index in [1.54, 1.807) is 0 Å². The monoisotopic (exact) mass is 592 g/mol. The van der Waals surface area contributed by atoms with Crippen molar-refractivity contribution in [3.8, 4) is 11.1 Å². The van der Waals surface area contributed by atoms with Gasteiger partial charge in [-0.2, -0.15) is 23.8 Å². The Hall–Kier alpha value is -2.11. The molecule has 0 nitrogen and oxygen atoms in total. The first-order valence-electron chi connectivity index (χ1n) is 14.1. The van der Waals surface area contributed by atoms with Crippen molar-refractivity contribution in [1.29, 1.82) is 0 Å². The third kappa shape index (κ3) is 7.98. The molecule has 0 saturated carbocycles. The van der Waals surface area contributed by atoms with Crippen LogP contribution in [0, 0.1) is 26.0 Å². The molecular formula is C38H46Zr. The topological polar surface area (TPSA) is 0 Å². The Balaban J connectivity index is 0.000000215. The minimum absolute atomic E-state index is 0.163. The third-order valence-corrected chi connectivity index (χ3v) is 9.32. The Morgan fingerprint density at radius 3 is 1.90 bits per heavy atom. The fourth-order valence-electron chi connectivity index (χ4n) is 5.31. The molecule has 39 heavy (non-hydrogen) atoms. The molecule has 202 valence electrons. The van der Waals surface area contributed by atoms with Gasteiger partial charge < -0.3 is 0 Å². The zero-order chi connectivity index (χ0) is 29.0. The van der Waals surface area contributed by atoms with Gasteiger partial charge in [-0.15, -0.1) is 23.1 Å². The zero-order valence-corrected chi connectivity index (χ0v) is 28.3. The number of benzene rings is 3. The van der Waals surface area contributed by atoms with Crippen molar-refractivity contribution in [1.82, 2.24) is 0 Å². The Morgan fingerprint density at radius 2 is 1.41 bits per heavy atom. The molecule has 2 aliphatic rings. The number of aryl methyl sites for hydroxylation is 2. The SMILES string of the molecule is CC(C)([CH]=[Zr+2])c1ccccc1.Cc1[c-]c2c(cc1C(C)(C)C)-c1cc(C(C)(C)C)c(C)cc1C2.[C-]1=CC=CC1. The maximum Gasteiger partial charge on any atom is -0.0129 e. The van der Waals surface area contributed by atoms with Gasteiger partial charge in [0, 0.05) is 0 Å². The fraction of sp³-hybridized carbons (Fsp3) is 0.395. The second-order valence-corrected chi connectivity index (χ2v) is 14.1. The molecule has 3 aromatic rings. The maximum absolute atomic E-state index is 3.69. The van der Waals surface area contributed by atoms with Crippen molar-refractivity contribution < 1.29 is 24.2 Å². The van der Waals surface area contributed by atoms with Crippen LogP contribution >= 0.6 is 0 Å². The van der Waals surface area contributed by atoms with Crippen LogP contribution in [0.2, 0.25) is 0 Å². The molecule has 0 spiro atoms. The summed E-state index contributed by atoms with van der Waals surface area (Å²) < 4.78 is 2.31. The predicted molar refractivity (Wildman–Crippen MR) is 167 cm³/mol. The Labute approximate surface area is 254 Å². The molecule has 0 atom stereocenters. The molecule has 0 bridgehead atoms. The first kappa shape index (κ1) is 31.4. The van der Waals surface area contributed by atoms with Crippen LogP contribution in [0.15, 0.2) is 66.8 Å². The van der Waals surface area contributed by atoms with Gasteiger partial charge in [-0.3, -0.25) is 6.08 Å². The summed E-state index contributed by atoms with van der Waals surface area (Å²) in [4.78, 5) is 0. The molecule has 0 fully saturated rings. The molecule has 0 aromatic heterocycles. The molecule has 3 aromatic carbocycles. The molecule has 0 amide bonds. The van der Waals surface area contributed by atoms with Gasteiger partial charge >= 0.3 is 83.1 Å². The van der Waals surface area contributed by atoms with E-state index >= 15 is 0 Å². The van der Waals surface area contributed by atoms with Crippen molar-refractivity contribution >= 4 is 3.71 Å². The summed E-state index contributed by atoms with van der Waals surface area (Å²) in [6, 6.07) is 21.6. The predicted octanol–water partition coefficient (Wildman–Crippen LogP) is 9.89. The van der Waals surface area contributed by atoms with Crippen LogP contribution < -0.4 is 0 Å². The molecule has 0 saturated heterocycles. The van der Waals surface area contributed by atoms with E-state index in [1.807, 2.05) is 12.2 Å². The van der Waals surface area contributed by atoms with E-state index in [9.17, 15) is 0 Å². The second-order valence-electron chi connectivity index (χ2n) is 13.4. The van der Waals surface area contributed by atoms with Gasteiger partial charge in [-0.25, -0.2) is 12.2 Å². The zero-order valence-electron chi connectivity index (χ0n) is 25.8. The third-order valence-electron chi connectivity index (χ3n) is 7.54. The van der Waals surface area contributed by atoms with Crippen LogP contribution in [0.5, 0.6) is 0 Å². The van der Waals surface area contributed by atoms with Crippen molar-refractivity contribution in [2.24, 2.45) is 0 Å². The summed E-state index contributed by atoms with van der Waals surface area (Å²) in [7, 11) is 0. The number of rotatable bonds is 2. The minimum atomic E-state index is 0.163. The normalized spacial score (nSPS) is 13.6. The molecule has 0 N–H and O–H groups in total. The maximum atomic E-state index is 3.69. The average molecular weight is 594 g/mol. The number of allylic oxidation sites excluding steroid dienone is 4. The molecule has 0 heterocycles. The summed E-state index contributed by atoms with van der Waals surface area (Å²) in [6.45, 7) is 22.7. The van der Waals surface area contributed by atoms with Gasteiger partial charge in [-0.1, -0.05) is 71.6 Å². The molecule has 2 aliphatic carbocycles. The summed E-state index contributed by atoms with van der Waals surface area (Å²) in [5.74, 6) is 0. The van der Waals surface area contributed by atoms with Gasteiger partial charge in [0.2, 0.25) is 0 Å². The van der Waals surface area contributed by atoms with Crippen molar-refractivity contribution in [3.63, 3.8) is 0 Å². The molecule has 1 heteroatoms. The van der Waals surface area contributed by atoms with Gasteiger partial charge in [0.05, 0.1) is 0 Å². The standard InChI is InChI=1S/C23H29.C10H12.C5H5.Zr/c1-14-9-16-11-17-10-15(2)21(23(6,7)8)13-19(17)18(16)12-20(14)22(3,4)5;1-10(2,3)9-7-5-4-6-8-9;1-2-4-5-3-1;/h9,12-13H,11H2,1-8H3;1,4-8H,2-3H3;1-3H,4H2;/q-1;;-1;+2. The van der Waals surface area contributed by atoms with Gasteiger partial charge in [0.1, 0.15) is 0 Å². The van der Waals surface area contributed by atoms with Crippen LogP contribution in [0.1, 0.15) is 101 Å². The molecule has 0 unspecified atom stereocenters. The van der Waals surface area contributed by atoms with Crippen LogP contribution in [0.4, 0.5) is 0 Å². The minimum Gasteiger partial charge on any atom is -0.273 e. The van der Waals surface area contributed by atoms with Crippen LogP contribution in [0.25, 0.3) is 11.1 Å². The van der Waals surface area contributed by atoms with Gasteiger partial charge in [0.15, 0.2) is 0 Å². The average Bonchev–Trinajstić information content (AvgIpc) is 3.54. The van der Waals surface area contributed by atoms with Crippen LogP contribution in [0.3, 0.4) is 0 Å². The van der Waals surface area contributed by atoms with Crippen molar-refractivity contribution in [2.75, 3.05) is 0 Å². The molecule has 0 aliphatic heterocycles. The van der Waals surface area contributed by atoms with E-state index < -0.39 is 0 Å². The van der Waals surface area contributed by atoms with Gasteiger partial charge in [0.25, 0.3) is 0 Å². The van der Waals surface area contributed by atoms with Crippen molar-refractivity contribution in [2.45, 2.75) is 98.3 Å². The van der Waals surface area contributed by atoms with Gasteiger partial charge in [-0.05, 0) is 35.4 Å². The number of fused-ring (bicyclic) bond motifs is 3. The Morgan fingerprint density at radius 1 is 0.795 bits per heavy atom. The quantitative estimate of drug-likeness (QED) is 0.203. The van der Waals surface area contributed by atoms with E-state index in [1.165, 1.54) is 74.3 Å². The summed E-state index contributed by atoms with van der Waals surface area (Å²) >= 11 is 1.49. The van der Waals surface area contributed by atoms with Crippen LogP contribution in [-0.2, 0) is 46.9 Å². The molecule has 0 radical (unpaired) electrons. The van der Waals surface area contributed by atoms with E-state index in [2.05, 4.69) is 140 Å². The second kappa shape index (κ2) is 12.6. The van der Waals surface area contributed by atoms with E-state index in [-0.39, 0.29) is 16.2 Å². The number of hydrogen-bond donors (Lipinski definition) is 0. The summed E-state index contributed by atoms with van der Waals surface area (Å²) in [5.41, 5.74) is 13.3. The molecule has 5 rings (SSSR count). The van der Waals surface area contributed by atoms with E-state index in [0.29, 0.717) is 0 Å². The smallest absolute Gasteiger partial charge is 0.0129 e. The fourth-order valence-corrected chi connectivity index (χ4v) is 5.72. The first-order valence-corrected chi connectivity index (χ1v) is 15.6. The molecular weight excluding hydrogens is 548 g/mol. The summed E-state index contributed by atoms with van der Waals surface area (Å²) in [5, 5.41) is 0. The Bertz CT molecular complexity index is 1280. The Kier molecular flexibility index (Phi) is 10.2. The van der Waals surface area contributed by atoms with Crippen molar-refractivity contribution in [3.05, 3.63) is 118 Å².